The summed E-state index contributed by atoms with van der Waals surface area (Å²) in [6, 6.07) is 1.74. The third-order valence-corrected chi connectivity index (χ3v) is 4.42. The van der Waals surface area contributed by atoms with Crippen LogP contribution in [0.3, 0.4) is 0 Å². The van der Waals surface area contributed by atoms with E-state index in [-0.39, 0.29) is 24.5 Å². The minimum Gasteiger partial charge on any atom is -0.444 e. The topological polar surface area (TPSA) is 91.7 Å². The second-order valence-corrected chi connectivity index (χ2v) is 7.89. The van der Waals surface area contributed by atoms with Crippen LogP contribution in [0.15, 0.2) is 0 Å². The predicted molar refractivity (Wildman–Crippen MR) is 98.4 cm³/mol. The monoisotopic (exact) mass is 367 g/mol. The third-order valence-electron chi connectivity index (χ3n) is 4.42. The maximum absolute atomic E-state index is 12.6. The summed E-state index contributed by atoms with van der Waals surface area (Å²) >= 11 is 0. The third kappa shape index (κ3) is 7.20. The van der Waals surface area contributed by atoms with Gasteiger partial charge in [0, 0.05) is 19.7 Å². The number of rotatable bonds is 8. The number of likely N-dealkylation sites (tertiary alicyclic amines) is 1. The van der Waals surface area contributed by atoms with Gasteiger partial charge in [0.2, 0.25) is 5.91 Å². The summed E-state index contributed by atoms with van der Waals surface area (Å²) in [5, 5.41) is 12.3. The highest BCUT2D eigenvalue weighted by atomic mass is 16.6. The van der Waals surface area contributed by atoms with E-state index in [1.165, 1.54) is 7.11 Å². The van der Waals surface area contributed by atoms with Crippen LogP contribution >= 0.6 is 0 Å². The molecule has 0 aliphatic carbocycles. The minimum atomic E-state index is -0.596. The molecule has 1 fully saturated rings. The lowest BCUT2D eigenvalue weighted by atomic mass is 9.94. The molecule has 7 nitrogen and oxygen atoms in total. The van der Waals surface area contributed by atoms with Gasteiger partial charge in [-0.05, 0) is 52.4 Å². The summed E-state index contributed by atoms with van der Waals surface area (Å²) in [4.78, 5) is 25.9. The Balaban J connectivity index is 2.76. The largest absolute Gasteiger partial charge is 0.444 e. The van der Waals surface area contributed by atoms with Crippen LogP contribution in [0, 0.1) is 17.2 Å². The molecular weight excluding hydrogens is 334 g/mol. The summed E-state index contributed by atoms with van der Waals surface area (Å²) in [5.41, 5.74) is -0.596. The quantitative estimate of drug-likeness (QED) is 0.712. The summed E-state index contributed by atoms with van der Waals surface area (Å²) in [6.45, 7) is 8.16. The number of hydrogen-bond donors (Lipinski definition) is 1. The number of nitriles is 1. The van der Waals surface area contributed by atoms with Gasteiger partial charge in [-0.3, -0.25) is 9.69 Å². The van der Waals surface area contributed by atoms with Gasteiger partial charge in [0.05, 0.1) is 6.07 Å². The lowest BCUT2D eigenvalue weighted by Gasteiger charge is -2.32. The number of carbonyl (C=O) groups is 2. The van der Waals surface area contributed by atoms with Crippen molar-refractivity contribution in [3.8, 4) is 6.07 Å². The minimum absolute atomic E-state index is 0.0367. The first-order valence-corrected chi connectivity index (χ1v) is 9.38. The molecular formula is C19H33N3O4. The highest BCUT2D eigenvalue weighted by molar-refractivity contribution is 5.77. The van der Waals surface area contributed by atoms with Gasteiger partial charge in [-0.2, -0.15) is 5.26 Å². The van der Waals surface area contributed by atoms with Crippen molar-refractivity contribution >= 4 is 12.0 Å². The zero-order valence-electron chi connectivity index (χ0n) is 16.7. The first kappa shape index (κ1) is 22.2. The molecule has 1 saturated heterocycles. The molecule has 1 aliphatic rings. The van der Waals surface area contributed by atoms with E-state index in [0.29, 0.717) is 13.0 Å². The number of methoxy groups -OCH3 is 1. The Kier molecular flexibility index (Phi) is 8.86. The van der Waals surface area contributed by atoms with Crippen molar-refractivity contribution in [2.45, 2.75) is 77.5 Å². The van der Waals surface area contributed by atoms with Crippen LogP contribution in [0.5, 0.6) is 0 Å². The van der Waals surface area contributed by atoms with Crippen molar-refractivity contribution in [2.75, 3.05) is 20.3 Å². The van der Waals surface area contributed by atoms with Gasteiger partial charge < -0.3 is 14.8 Å². The molecule has 0 saturated carbocycles. The van der Waals surface area contributed by atoms with Gasteiger partial charge >= 0.3 is 6.09 Å². The zero-order valence-corrected chi connectivity index (χ0v) is 16.7. The Hall–Kier alpha value is -1.81. The van der Waals surface area contributed by atoms with Gasteiger partial charge in [0.25, 0.3) is 0 Å². The Labute approximate surface area is 157 Å². The van der Waals surface area contributed by atoms with Crippen LogP contribution in [0.2, 0.25) is 0 Å². The van der Waals surface area contributed by atoms with E-state index in [4.69, 9.17) is 9.47 Å². The van der Waals surface area contributed by atoms with E-state index in [0.717, 1.165) is 25.7 Å². The summed E-state index contributed by atoms with van der Waals surface area (Å²) in [7, 11) is 1.49. The molecule has 1 N–H and O–H groups in total. The Morgan fingerprint density at radius 2 is 2.04 bits per heavy atom. The molecule has 1 rings (SSSR count). The molecule has 7 heteroatoms. The number of nitrogens with one attached hydrogen (secondary N) is 1. The average molecular weight is 367 g/mol. The van der Waals surface area contributed by atoms with Crippen molar-refractivity contribution in [3.63, 3.8) is 0 Å². The standard InChI is InChI=1S/C19H33N3O4/c1-6-7-14(12-21-17(23)13-25-5)10-15-8-9-16(11-20)22(15)18(24)26-19(2,3)4/h14-16H,6-10,12-13H2,1-5H3,(H,21,23)/t14?,15-,16-/m1/s1. The van der Waals surface area contributed by atoms with Gasteiger partial charge in [0.1, 0.15) is 18.2 Å². The average Bonchev–Trinajstić information content (AvgIpc) is 2.94. The van der Waals surface area contributed by atoms with Crippen LogP contribution < -0.4 is 5.32 Å². The normalized spacial score (nSPS) is 21.2. The van der Waals surface area contributed by atoms with Gasteiger partial charge in [0.15, 0.2) is 0 Å². The first-order chi connectivity index (χ1) is 12.2. The second-order valence-electron chi connectivity index (χ2n) is 7.89. The molecule has 148 valence electrons. The fourth-order valence-corrected chi connectivity index (χ4v) is 3.37. The van der Waals surface area contributed by atoms with Crippen molar-refractivity contribution in [3.05, 3.63) is 0 Å². The highest BCUT2D eigenvalue weighted by Gasteiger charge is 2.40. The van der Waals surface area contributed by atoms with Crippen molar-refractivity contribution in [2.24, 2.45) is 5.92 Å². The van der Waals surface area contributed by atoms with E-state index >= 15 is 0 Å². The predicted octanol–water partition coefficient (Wildman–Crippen LogP) is 2.85. The van der Waals surface area contributed by atoms with Crippen molar-refractivity contribution in [1.29, 1.82) is 5.26 Å². The Morgan fingerprint density at radius 1 is 1.35 bits per heavy atom. The van der Waals surface area contributed by atoms with E-state index in [2.05, 4.69) is 18.3 Å². The first-order valence-electron chi connectivity index (χ1n) is 9.38. The number of amides is 2. The molecule has 0 aromatic rings. The molecule has 0 spiro atoms. The molecule has 3 atom stereocenters. The molecule has 0 aromatic heterocycles. The zero-order chi connectivity index (χ0) is 19.7. The number of nitrogens with zero attached hydrogens (tertiary/aromatic N) is 2. The molecule has 0 radical (unpaired) electrons. The number of carbonyl (C=O) groups excluding carboxylic acids is 2. The van der Waals surface area contributed by atoms with Crippen LogP contribution in [0.25, 0.3) is 0 Å². The fourth-order valence-electron chi connectivity index (χ4n) is 3.37. The number of hydrogen-bond acceptors (Lipinski definition) is 5. The van der Waals surface area contributed by atoms with Crippen LogP contribution in [0.1, 0.15) is 59.8 Å². The molecule has 2 amide bonds. The summed E-state index contributed by atoms with van der Waals surface area (Å²) in [6.07, 6.45) is 3.71. The summed E-state index contributed by atoms with van der Waals surface area (Å²) < 4.78 is 10.3. The van der Waals surface area contributed by atoms with Gasteiger partial charge in [-0.25, -0.2) is 4.79 Å². The SMILES string of the molecule is CCCC(CNC(=O)COC)C[C@H]1CC[C@H](C#N)N1C(=O)OC(C)(C)C. The van der Waals surface area contributed by atoms with Crippen LogP contribution in [0.4, 0.5) is 4.79 Å². The van der Waals surface area contributed by atoms with E-state index in [9.17, 15) is 14.9 Å². The van der Waals surface area contributed by atoms with Crippen LogP contribution in [-0.2, 0) is 14.3 Å². The lowest BCUT2D eigenvalue weighted by molar-refractivity contribution is -0.124. The second kappa shape index (κ2) is 10.4. The molecule has 0 aromatic carbocycles. The lowest BCUT2D eigenvalue weighted by Crippen LogP contribution is -2.45. The van der Waals surface area contributed by atoms with Gasteiger partial charge in [-0.15, -0.1) is 0 Å². The van der Waals surface area contributed by atoms with E-state index in [1.54, 1.807) is 4.90 Å². The Bertz CT molecular complexity index is 510. The molecule has 0 bridgehead atoms. The maximum Gasteiger partial charge on any atom is 0.411 e. The van der Waals surface area contributed by atoms with Gasteiger partial charge in [-0.1, -0.05) is 13.3 Å². The molecule has 1 unspecified atom stereocenters. The smallest absolute Gasteiger partial charge is 0.411 e. The highest BCUT2D eigenvalue weighted by Crippen LogP contribution is 2.31. The molecule has 1 aliphatic heterocycles. The van der Waals surface area contributed by atoms with E-state index < -0.39 is 17.7 Å². The molecule has 1 heterocycles. The maximum atomic E-state index is 12.6. The van der Waals surface area contributed by atoms with Crippen molar-refractivity contribution in [1.82, 2.24) is 10.2 Å². The summed E-state index contributed by atoms with van der Waals surface area (Å²) in [5.74, 6) is 0.104. The molecule has 26 heavy (non-hydrogen) atoms. The Morgan fingerprint density at radius 3 is 2.58 bits per heavy atom. The fraction of sp³-hybridized carbons (Fsp3) is 0.842. The van der Waals surface area contributed by atoms with Crippen LogP contribution in [-0.4, -0.2) is 54.8 Å². The van der Waals surface area contributed by atoms with Crippen molar-refractivity contribution < 1.29 is 19.1 Å². The van der Waals surface area contributed by atoms with E-state index in [1.807, 2.05) is 20.8 Å². The number of ether oxygens (including phenoxy) is 2.